The summed E-state index contributed by atoms with van der Waals surface area (Å²) in [5, 5.41) is 10.4. The molecule has 0 saturated carbocycles. The first-order chi connectivity index (χ1) is 10.2. The largest absolute Gasteiger partial charge is 0.412 e. The van der Waals surface area contributed by atoms with Gasteiger partial charge in [0, 0.05) is 11.3 Å². The van der Waals surface area contributed by atoms with Crippen molar-refractivity contribution in [1.29, 1.82) is 0 Å². The summed E-state index contributed by atoms with van der Waals surface area (Å²) >= 11 is 0. The summed E-state index contributed by atoms with van der Waals surface area (Å²) in [6.45, 7) is 1.92. The summed E-state index contributed by atoms with van der Waals surface area (Å²) in [4.78, 5) is 12.1. The number of benzene rings is 2. The van der Waals surface area contributed by atoms with Gasteiger partial charge in [-0.05, 0) is 30.7 Å². The third-order valence-corrected chi connectivity index (χ3v) is 3.03. The number of hydrogen-bond donors (Lipinski definition) is 1. The van der Waals surface area contributed by atoms with E-state index in [1.54, 1.807) is 0 Å². The summed E-state index contributed by atoms with van der Waals surface area (Å²) in [6, 6.07) is 16.8. The summed E-state index contributed by atoms with van der Waals surface area (Å²) < 4.78 is 5.41. The minimum Gasteiger partial charge on any atom is -0.412 e. The van der Waals surface area contributed by atoms with Gasteiger partial charge in [-0.3, -0.25) is 4.79 Å². The second-order valence-electron chi connectivity index (χ2n) is 4.55. The van der Waals surface area contributed by atoms with Gasteiger partial charge in [0.05, 0.1) is 0 Å². The van der Waals surface area contributed by atoms with E-state index in [0.29, 0.717) is 5.89 Å². The minimum atomic E-state index is -0.418. The minimum absolute atomic E-state index is 0.0582. The summed E-state index contributed by atoms with van der Waals surface area (Å²) in [6.07, 6.45) is 0. The maximum atomic E-state index is 12.1. The Morgan fingerprint density at radius 3 is 2.48 bits per heavy atom. The van der Waals surface area contributed by atoms with Crippen LogP contribution < -0.4 is 5.32 Å². The molecule has 0 atom stereocenters. The molecule has 1 aromatic heterocycles. The van der Waals surface area contributed by atoms with Crippen molar-refractivity contribution in [2.24, 2.45) is 0 Å². The molecule has 1 amide bonds. The number of hydrogen-bond acceptors (Lipinski definition) is 4. The van der Waals surface area contributed by atoms with Gasteiger partial charge in [0.1, 0.15) is 0 Å². The van der Waals surface area contributed by atoms with E-state index in [1.807, 2.05) is 61.5 Å². The van der Waals surface area contributed by atoms with Crippen molar-refractivity contribution in [3.05, 3.63) is 66.1 Å². The molecule has 0 unspecified atom stereocenters. The number of nitrogens with zero attached hydrogens (tertiary/aromatic N) is 2. The highest BCUT2D eigenvalue weighted by molar-refractivity contribution is 6.01. The molecule has 1 N–H and O–H groups in total. The molecule has 0 aliphatic heterocycles. The average molecular weight is 279 g/mol. The zero-order valence-electron chi connectivity index (χ0n) is 11.4. The van der Waals surface area contributed by atoms with Crippen LogP contribution in [0.3, 0.4) is 0 Å². The predicted molar refractivity (Wildman–Crippen MR) is 78.9 cm³/mol. The highest BCUT2D eigenvalue weighted by atomic mass is 16.4. The monoisotopic (exact) mass is 279 g/mol. The van der Waals surface area contributed by atoms with E-state index in [0.717, 1.165) is 16.8 Å². The van der Waals surface area contributed by atoms with Gasteiger partial charge in [-0.2, -0.15) is 0 Å². The molecule has 0 fully saturated rings. The zero-order valence-corrected chi connectivity index (χ0v) is 11.4. The molecule has 1 heterocycles. The Morgan fingerprint density at radius 1 is 1.00 bits per heavy atom. The first-order valence-corrected chi connectivity index (χ1v) is 6.50. The lowest BCUT2D eigenvalue weighted by atomic mass is 10.2. The standard InChI is InChI=1S/C16H13N3O2/c1-11-7-5-6-10-13(11)17-14(20)16-19-18-15(21-16)12-8-3-2-4-9-12/h2-10H,1H3,(H,17,20). The van der Waals surface area contributed by atoms with Crippen LogP contribution in [0.25, 0.3) is 11.5 Å². The molecule has 5 heteroatoms. The Labute approximate surface area is 121 Å². The van der Waals surface area contributed by atoms with E-state index >= 15 is 0 Å². The quantitative estimate of drug-likeness (QED) is 0.798. The molecule has 5 nitrogen and oxygen atoms in total. The van der Waals surface area contributed by atoms with Gasteiger partial charge in [-0.15, -0.1) is 10.2 Å². The van der Waals surface area contributed by atoms with Crippen LogP contribution in [0.1, 0.15) is 16.2 Å². The third kappa shape index (κ3) is 2.81. The van der Waals surface area contributed by atoms with Gasteiger partial charge < -0.3 is 9.73 Å². The second-order valence-corrected chi connectivity index (χ2v) is 4.55. The zero-order chi connectivity index (χ0) is 14.7. The van der Waals surface area contributed by atoms with Crippen molar-refractivity contribution < 1.29 is 9.21 Å². The summed E-state index contributed by atoms with van der Waals surface area (Å²) in [5.41, 5.74) is 2.47. The van der Waals surface area contributed by atoms with E-state index in [4.69, 9.17) is 4.42 Å². The van der Waals surface area contributed by atoms with Gasteiger partial charge in [0.15, 0.2) is 0 Å². The normalized spacial score (nSPS) is 10.3. The molecular weight excluding hydrogens is 266 g/mol. The fourth-order valence-corrected chi connectivity index (χ4v) is 1.90. The van der Waals surface area contributed by atoms with Gasteiger partial charge in [-0.1, -0.05) is 36.4 Å². The van der Waals surface area contributed by atoms with Crippen molar-refractivity contribution in [2.75, 3.05) is 5.32 Å². The SMILES string of the molecule is Cc1ccccc1NC(=O)c1nnc(-c2ccccc2)o1. The number of para-hydroxylation sites is 1. The van der Waals surface area contributed by atoms with Crippen LogP contribution in [-0.4, -0.2) is 16.1 Å². The van der Waals surface area contributed by atoms with Crippen LogP contribution in [0.15, 0.2) is 59.0 Å². The van der Waals surface area contributed by atoms with E-state index in [9.17, 15) is 4.79 Å². The molecular formula is C16H13N3O2. The number of carbonyl (C=O) groups excluding carboxylic acids is 1. The topological polar surface area (TPSA) is 68.0 Å². The van der Waals surface area contributed by atoms with Gasteiger partial charge in [0.25, 0.3) is 0 Å². The van der Waals surface area contributed by atoms with Crippen molar-refractivity contribution in [2.45, 2.75) is 6.92 Å². The van der Waals surface area contributed by atoms with Crippen LogP contribution in [0.2, 0.25) is 0 Å². The molecule has 0 saturated heterocycles. The first kappa shape index (κ1) is 13.1. The first-order valence-electron chi connectivity index (χ1n) is 6.50. The number of aromatic nitrogens is 2. The molecule has 0 aliphatic carbocycles. The number of amides is 1. The highest BCUT2D eigenvalue weighted by Gasteiger charge is 2.16. The number of rotatable bonds is 3. The molecule has 0 aliphatic rings. The van der Waals surface area contributed by atoms with Crippen LogP contribution >= 0.6 is 0 Å². The van der Waals surface area contributed by atoms with E-state index in [-0.39, 0.29) is 5.89 Å². The molecule has 3 aromatic rings. The fraction of sp³-hybridized carbons (Fsp3) is 0.0625. The average Bonchev–Trinajstić information content (AvgIpc) is 3.00. The Morgan fingerprint density at radius 2 is 1.71 bits per heavy atom. The molecule has 2 aromatic carbocycles. The van der Waals surface area contributed by atoms with E-state index in [1.165, 1.54) is 0 Å². The van der Waals surface area contributed by atoms with E-state index < -0.39 is 5.91 Å². The van der Waals surface area contributed by atoms with Crippen molar-refractivity contribution in [3.8, 4) is 11.5 Å². The highest BCUT2D eigenvalue weighted by Crippen LogP contribution is 2.18. The Hall–Kier alpha value is -2.95. The molecule has 104 valence electrons. The molecule has 0 radical (unpaired) electrons. The summed E-state index contributed by atoms with van der Waals surface area (Å²) in [7, 11) is 0. The number of aryl methyl sites for hydroxylation is 1. The third-order valence-electron chi connectivity index (χ3n) is 3.03. The maximum Gasteiger partial charge on any atom is 0.313 e. The lowest BCUT2D eigenvalue weighted by Crippen LogP contribution is -2.13. The molecule has 0 spiro atoms. The Kier molecular flexibility index (Phi) is 3.47. The maximum absolute atomic E-state index is 12.1. The predicted octanol–water partition coefficient (Wildman–Crippen LogP) is 3.30. The lowest BCUT2D eigenvalue weighted by molar-refractivity contribution is 0.0990. The van der Waals surface area contributed by atoms with Gasteiger partial charge in [-0.25, -0.2) is 0 Å². The molecule has 21 heavy (non-hydrogen) atoms. The van der Waals surface area contributed by atoms with Crippen molar-refractivity contribution in [3.63, 3.8) is 0 Å². The van der Waals surface area contributed by atoms with Crippen LogP contribution in [0, 0.1) is 6.92 Å². The Bertz CT molecular complexity index is 766. The van der Waals surface area contributed by atoms with Gasteiger partial charge >= 0.3 is 11.8 Å². The van der Waals surface area contributed by atoms with Crippen LogP contribution in [0.5, 0.6) is 0 Å². The smallest absolute Gasteiger partial charge is 0.313 e. The van der Waals surface area contributed by atoms with E-state index in [2.05, 4.69) is 15.5 Å². The second kappa shape index (κ2) is 5.58. The lowest BCUT2D eigenvalue weighted by Gasteiger charge is -2.04. The Balaban J connectivity index is 1.80. The van der Waals surface area contributed by atoms with Crippen molar-refractivity contribution in [1.82, 2.24) is 10.2 Å². The fourth-order valence-electron chi connectivity index (χ4n) is 1.90. The number of carbonyl (C=O) groups is 1. The molecule has 0 bridgehead atoms. The summed E-state index contributed by atoms with van der Waals surface area (Å²) in [5.74, 6) is -0.151. The number of anilines is 1. The number of nitrogens with one attached hydrogen (secondary N) is 1. The van der Waals surface area contributed by atoms with Crippen LogP contribution in [0.4, 0.5) is 5.69 Å². The van der Waals surface area contributed by atoms with Crippen LogP contribution in [-0.2, 0) is 0 Å². The molecule has 3 rings (SSSR count). The van der Waals surface area contributed by atoms with Gasteiger partial charge in [0.2, 0.25) is 5.89 Å². The van der Waals surface area contributed by atoms with Crippen molar-refractivity contribution >= 4 is 11.6 Å².